The number of para-hydroxylation sites is 3. The van der Waals surface area contributed by atoms with E-state index in [2.05, 4.69) is 36.6 Å². The summed E-state index contributed by atoms with van der Waals surface area (Å²) in [5.74, 6) is 1.73. The number of hydrogen-bond donors (Lipinski definition) is 2. The fraction of sp³-hybridized carbons (Fsp3) is 0.222. The number of allylic oxidation sites excluding steroid dienone is 1. The summed E-state index contributed by atoms with van der Waals surface area (Å²) in [5, 5.41) is 7.19. The molecule has 1 atom stereocenters. The van der Waals surface area contributed by atoms with Crippen LogP contribution in [-0.4, -0.2) is 5.78 Å². The molecule has 0 saturated heterocycles. The third-order valence-electron chi connectivity index (χ3n) is 5.89. The number of nitrogens with one attached hydrogen (secondary N) is 2. The monoisotopic (exact) mass is 410 g/mol. The third-order valence-corrected chi connectivity index (χ3v) is 5.89. The van der Waals surface area contributed by atoms with Gasteiger partial charge in [0.15, 0.2) is 5.78 Å². The van der Waals surface area contributed by atoms with E-state index in [4.69, 9.17) is 4.74 Å². The highest BCUT2D eigenvalue weighted by Crippen LogP contribution is 2.45. The van der Waals surface area contributed by atoms with E-state index >= 15 is 0 Å². The molecule has 0 spiro atoms. The number of Topliss-reactive ketones (excluding diaryl/α,β-unsaturated/α-hetero) is 1. The fourth-order valence-corrected chi connectivity index (χ4v) is 4.52. The number of anilines is 2. The van der Waals surface area contributed by atoms with E-state index in [1.807, 2.05) is 66.7 Å². The highest BCUT2D eigenvalue weighted by atomic mass is 16.5. The maximum absolute atomic E-state index is 13.3. The van der Waals surface area contributed by atoms with Gasteiger partial charge in [0.1, 0.15) is 11.5 Å². The largest absolute Gasteiger partial charge is 0.457 e. The van der Waals surface area contributed by atoms with Crippen molar-refractivity contribution in [3.05, 3.63) is 95.7 Å². The van der Waals surface area contributed by atoms with E-state index in [0.29, 0.717) is 6.42 Å². The number of ether oxygens (including phenoxy) is 1. The zero-order valence-corrected chi connectivity index (χ0v) is 17.8. The Labute approximate surface area is 183 Å². The molecular weight excluding hydrogens is 384 g/mol. The first-order chi connectivity index (χ1) is 15.0. The minimum absolute atomic E-state index is 0.0645. The molecule has 0 amide bonds. The van der Waals surface area contributed by atoms with E-state index in [-0.39, 0.29) is 17.2 Å². The second-order valence-electron chi connectivity index (χ2n) is 9.07. The molecule has 1 aliphatic heterocycles. The van der Waals surface area contributed by atoms with Gasteiger partial charge in [-0.15, -0.1) is 0 Å². The molecule has 4 heteroatoms. The zero-order chi connectivity index (χ0) is 21.4. The van der Waals surface area contributed by atoms with Gasteiger partial charge in [-0.2, -0.15) is 0 Å². The van der Waals surface area contributed by atoms with E-state index in [1.54, 1.807) is 0 Å². The second-order valence-corrected chi connectivity index (χ2v) is 9.07. The van der Waals surface area contributed by atoms with Crippen molar-refractivity contribution in [2.24, 2.45) is 5.41 Å². The molecule has 156 valence electrons. The van der Waals surface area contributed by atoms with Crippen LogP contribution in [0.5, 0.6) is 11.5 Å². The van der Waals surface area contributed by atoms with Crippen LogP contribution < -0.4 is 15.4 Å². The molecule has 1 aliphatic carbocycles. The lowest BCUT2D eigenvalue weighted by molar-refractivity contribution is -0.118. The summed E-state index contributed by atoms with van der Waals surface area (Å²) in [6, 6.07) is 25.6. The fourth-order valence-electron chi connectivity index (χ4n) is 4.52. The Balaban J connectivity index is 1.58. The number of carbonyl (C=O) groups excluding carboxylic acids is 1. The van der Waals surface area contributed by atoms with Gasteiger partial charge in [0.05, 0.1) is 17.4 Å². The minimum atomic E-state index is -0.242. The van der Waals surface area contributed by atoms with Gasteiger partial charge in [-0.3, -0.25) is 4.79 Å². The van der Waals surface area contributed by atoms with Crippen molar-refractivity contribution in [3.63, 3.8) is 0 Å². The molecule has 0 radical (unpaired) electrons. The van der Waals surface area contributed by atoms with Crippen LogP contribution in [0.15, 0.2) is 90.1 Å². The Morgan fingerprint density at radius 3 is 2.35 bits per heavy atom. The standard InChI is InChI=1S/C27H26N2O2/c1-27(2)16-23-25(24(30)17-27)26(29-22-14-7-6-13-21(22)28-23)18-9-8-12-20(15-18)31-19-10-4-3-5-11-19/h3-15,26,28-29H,16-17H2,1-2H3. The zero-order valence-electron chi connectivity index (χ0n) is 17.8. The highest BCUT2D eigenvalue weighted by Gasteiger charge is 2.38. The summed E-state index contributed by atoms with van der Waals surface area (Å²) in [6.45, 7) is 4.31. The van der Waals surface area contributed by atoms with Crippen LogP contribution in [0, 0.1) is 5.41 Å². The lowest BCUT2D eigenvalue weighted by Gasteiger charge is -2.34. The molecule has 0 aromatic heterocycles. The van der Waals surface area contributed by atoms with Crippen LogP contribution in [0.25, 0.3) is 0 Å². The smallest absolute Gasteiger partial charge is 0.163 e. The molecule has 3 aromatic rings. The van der Waals surface area contributed by atoms with Crippen LogP contribution in [0.2, 0.25) is 0 Å². The van der Waals surface area contributed by atoms with Crippen molar-refractivity contribution in [2.75, 3.05) is 10.6 Å². The lowest BCUT2D eigenvalue weighted by atomic mass is 9.73. The Hall–Kier alpha value is -3.53. The van der Waals surface area contributed by atoms with E-state index in [1.165, 1.54) is 0 Å². The van der Waals surface area contributed by atoms with Gasteiger partial charge in [-0.25, -0.2) is 0 Å². The van der Waals surface area contributed by atoms with E-state index in [9.17, 15) is 4.79 Å². The number of hydrogen-bond acceptors (Lipinski definition) is 4. The van der Waals surface area contributed by atoms with Crippen molar-refractivity contribution in [3.8, 4) is 11.5 Å². The average Bonchev–Trinajstić information content (AvgIpc) is 2.90. The third kappa shape index (κ3) is 3.93. The first-order valence-electron chi connectivity index (χ1n) is 10.7. The normalized spacial score (nSPS) is 19.4. The van der Waals surface area contributed by atoms with Crippen molar-refractivity contribution in [1.29, 1.82) is 0 Å². The van der Waals surface area contributed by atoms with Crippen LogP contribution >= 0.6 is 0 Å². The molecule has 1 unspecified atom stereocenters. The SMILES string of the molecule is CC1(C)CC(=O)C2=C(C1)Nc1ccccc1NC2c1cccc(Oc2ccccc2)c1. The summed E-state index contributed by atoms with van der Waals surface area (Å²) in [4.78, 5) is 13.3. The van der Waals surface area contributed by atoms with Gasteiger partial charge in [-0.05, 0) is 53.8 Å². The number of rotatable bonds is 3. The molecule has 31 heavy (non-hydrogen) atoms. The molecule has 5 rings (SSSR count). The number of ketones is 1. The maximum Gasteiger partial charge on any atom is 0.163 e. The van der Waals surface area contributed by atoms with Gasteiger partial charge in [0, 0.05) is 17.7 Å². The van der Waals surface area contributed by atoms with Gasteiger partial charge in [0.2, 0.25) is 0 Å². The first-order valence-corrected chi connectivity index (χ1v) is 10.7. The summed E-state index contributed by atoms with van der Waals surface area (Å²) in [7, 11) is 0. The summed E-state index contributed by atoms with van der Waals surface area (Å²) in [6.07, 6.45) is 1.38. The average molecular weight is 411 g/mol. The van der Waals surface area contributed by atoms with Gasteiger partial charge in [-0.1, -0.05) is 56.3 Å². The van der Waals surface area contributed by atoms with Gasteiger partial charge in [0.25, 0.3) is 0 Å². The van der Waals surface area contributed by atoms with Gasteiger partial charge >= 0.3 is 0 Å². The van der Waals surface area contributed by atoms with Crippen LogP contribution in [0.4, 0.5) is 11.4 Å². The predicted molar refractivity (Wildman–Crippen MR) is 124 cm³/mol. The van der Waals surface area contributed by atoms with Crippen LogP contribution in [0.3, 0.4) is 0 Å². The molecule has 3 aromatic carbocycles. The molecule has 0 bridgehead atoms. The molecule has 2 N–H and O–H groups in total. The quantitative estimate of drug-likeness (QED) is 0.504. The van der Waals surface area contributed by atoms with Gasteiger partial charge < -0.3 is 15.4 Å². The minimum Gasteiger partial charge on any atom is -0.457 e. The maximum atomic E-state index is 13.3. The van der Waals surface area contributed by atoms with E-state index < -0.39 is 0 Å². The molecule has 0 fully saturated rings. The molecule has 2 aliphatic rings. The topological polar surface area (TPSA) is 50.4 Å². The van der Waals surface area contributed by atoms with Crippen molar-refractivity contribution < 1.29 is 9.53 Å². The van der Waals surface area contributed by atoms with Crippen molar-refractivity contribution in [2.45, 2.75) is 32.7 Å². The molecule has 1 heterocycles. The summed E-state index contributed by atoms with van der Waals surface area (Å²) < 4.78 is 6.06. The molecule has 4 nitrogen and oxygen atoms in total. The lowest BCUT2D eigenvalue weighted by Crippen LogP contribution is -2.31. The highest BCUT2D eigenvalue weighted by molar-refractivity contribution is 6.01. The Bertz CT molecular complexity index is 1160. The van der Waals surface area contributed by atoms with Crippen LogP contribution in [0.1, 0.15) is 38.3 Å². The molecular formula is C27H26N2O2. The van der Waals surface area contributed by atoms with E-state index in [0.717, 1.165) is 46.1 Å². The summed E-state index contributed by atoms with van der Waals surface area (Å²) >= 11 is 0. The predicted octanol–water partition coefficient (Wildman–Crippen LogP) is 6.70. The second kappa shape index (κ2) is 7.62. The van der Waals surface area contributed by atoms with Crippen molar-refractivity contribution in [1.82, 2.24) is 0 Å². The number of carbonyl (C=O) groups is 1. The summed E-state index contributed by atoms with van der Waals surface area (Å²) in [5.41, 5.74) is 4.77. The Morgan fingerprint density at radius 1 is 0.839 bits per heavy atom. The number of benzene rings is 3. The Morgan fingerprint density at radius 2 is 1.55 bits per heavy atom. The van der Waals surface area contributed by atoms with Crippen molar-refractivity contribution >= 4 is 17.2 Å². The number of fused-ring (bicyclic) bond motifs is 1. The Kier molecular flexibility index (Phi) is 4.78. The molecule has 0 saturated carbocycles. The first kappa shape index (κ1) is 19.4. The van der Waals surface area contributed by atoms with Crippen LogP contribution in [-0.2, 0) is 4.79 Å².